The molecule has 0 saturated heterocycles. The van der Waals surface area contributed by atoms with E-state index in [9.17, 15) is 4.79 Å². The van der Waals surface area contributed by atoms with E-state index in [0.29, 0.717) is 5.56 Å². The standard InChI is InChI=1S/C11H13N5O2/c1-8(6-17)13-11(18)9-2-4-10(5-3-9)16-7-12-14-15-16/h2-5,7-8,17H,6H2,1H3,(H,13,18)/t8-/m1/s1. The molecule has 0 radical (unpaired) electrons. The van der Waals surface area contributed by atoms with Crippen molar-refractivity contribution in [2.45, 2.75) is 13.0 Å². The van der Waals surface area contributed by atoms with Crippen LogP contribution >= 0.6 is 0 Å². The van der Waals surface area contributed by atoms with Gasteiger partial charge in [0.25, 0.3) is 5.91 Å². The van der Waals surface area contributed by atoms with Crippen molar-refractivity contribution >= 4 is 5.91 Å². The molecule has 0 aliphatic carbocycles. The fraction of sp³-hybridized carbons (Fsp3) is 0.273. The molecule has 2 N–H and O–H groups in total. The largest absolute Gasteiger partial charge is 0.394 e. The third-order valence-corrected chi connectivity index (χ3v) is 2.39. The topological polar surface area (TPSA) is 92.9 Å². The summed E-state index contributed by atoms with van der Waals surface area (Å²) in [5, 5.41) is 22.3. The number of nitrogens with one attached hydrogen (secondary N) is 1. The maximum atomic E-state index is 11.7. The molecule has 1 aromatic carbocycles. The summed E-state index contributed by atoms with van der Waals surface area (Å²) in [6.07, 6.45) is 1.48. The number of hydrogen-bond acceptors (Lipinski definition) is 5. The second-order valence-electron chi connectivity index (χ2n) is 3.86. The zero-order valence-corrected chi connectivity index (χ0v) is 9.82. The van der Waals surface area contributed by atoms with Gasteiger partial charge in [-0.05, 0) is 41.6 Å². The van der Waals surface area contributed by atoms with Crippen LogP contribution < -0.4 is 5.32 Å². The number of aliphatic hydroxyl groups excluding tert-OH is 1. The molecule has 94 valence electrons. The highest BCUT2D eigenvalue weighted by molar-refractivity contribution is 5.94. The molecule has 7 nitrogen and oxygen atoms in total. The second-order valence-corrected chi connectivity index (χ2v) is 3.86. The number of hydrogen-bond donors (Lipinski definition) is 2. The van der Waals surface area contributed by atoms with E-state index in [1.165, 1.54) is 11.0 Å². The zero-order valence-electron chi connectivity index (χ0n) is 9.82. The molecule has 0 spiro atoms. The number of tetrazole rings is 1. The van der Waals surface area contributed by atoms with Crippen molar-refractivity contribution in [1.82, 2.24) is 25.5 Å². The van der Waals surface area contributed by atoms with Gasteiger partial charge in [0.2, 0.25) is 0 Å². The lowest BCUT2D eigenvalue weighted by Gasteiger charge is -2.10. The molecule has 18 heavy (non-hydrogen) atoms. The smallest absolute Gasteiger partial charge is 0.251 e. The molecular weight excluding hydrogens is 234 g/mol. The van der Waals surface area contributed by atoms with Crippen LogP contribution in [0.25, 0.3) is 5.69 Å². The molecule has 0 aliphatic rings. The molecule has 1 amide bonds. The van der Waals surface area contributed by atoms with Gasteiger partial charge in [-0.1, -0.05) is 0 Å². The second kappa shape index (κ2) is 5.37. The van der Waals surface area contributed by atoms with Crippen LogP contribution in [0.3, 0.4) is 0 Å². The number of aromatic nitrogens is 4. The van der Waals surface area contributed by atoms with Crippen molar-refractivity contribution in [1.29, 1.82) is 0 Å². The Morgan fingerprint density at radius 2 is 2.17 bits per heavy atom. The quantitative estimate of drug-likeness (QED) is 0.778. The van der Waals surface area contributed by atoms with E-state index in [2.05, 4.69) is 20.8 Å². The first-order valence-corrected chi connectivity index (χ1v) is 5.46. The average Bonchev–Trinajstić information content (AvgIpc) is 2.92. The fourth-order valence-electron chi connectivity index (χ4n) is 1.40. The van der Waals surface area contributed by atoms with E-state index in [-0.39, 0.29) is 18.6 Å². The summed E-state index contributed by atoms with van der Waals surface area (Å²) in [6.45, 7) is 1.64. The Labute approximate surface area is 103 Å². The number of carbonyl (C=O) groups excluding carboxylic acids is 1. The van der Waals surface area contributed by atoms with Gasteiger partial charge in [-0.25, -0.2) is 4.68 Å². The van der Waals surface area contributed by atoms with Crippen molar-refractivity contribution in [3.8, 4) is 5.69 Å². The zero-order chi connectivity index (χ0) is 13.0. The first kappa shape index (κ1) is 12.2. The van der Waals surface area contributed by atoms with Gasteiger partial charge < -0.3 is 10.4 Å². The SMILES string of the molecule is C[C@H](CO)NC(=O)c1ccc(-n2cnnn2)cc1. The van der Waals surface area contributed by atoms with Crippen LogP contribution in [-0.4, -0.2) is 43.9 Å². The number of carbonyl (C=O) groups is 1. The van der Waals surface area contributed by atoms with E-state index in [4.69, 9.17) is 5.11 Å². The predicted molar refractivity (Wildman–Crippen MR) is 63.2 cm³/mol. The molecule has 0 fully saturated rings. The molecule has 2 aromatic rings. The summed E-state index contributed by atoms with van der Waals surface area (Å²) in [4.78, 5) is 11.7. The van der Waals surface area contributed by atoms with Crippen molar-refractivity contribution in [3.63, 3.8) is 0 Å². The summed E-state index contributed by atoms with van der Waals surface area (Å²) in [5.74, 6) is -0.222. The fourth-order valence-corrected chi connectivity index (χ4v) is 1.40. The Kier molecular flexibility index (Phi) is 3.63. The number of rotatable bonds is 4. The van der Waals surface area contributed by atoms with Gasteiger partial charge in [-0.2, -0.15) is 0 Å². The molecule has 0 bridgehead atoms. The Morgan fingerprint density at radius 1 is 1.44 bits per heavy atom. The van der Waals surface area contributed by atoms with E-state index in [1.54, 1.807) is 31.2 Å². The minimum Gasteiger partial charge on any atom is -0.394 e. The molecule has 1 heterocycles. The van der Waals surface area contributed by atoms with Crippen LogP contribution in [-0.2, 0) is 0 Å². The Morgan fingerprint density at radius 3 is 2.72 bits per heavy atom. The Balaban J connectivity index is 2.10. The molecule has 0 saturated carbocycles. The predicted octanol–water partition coefficient (Wildman–Crippen LogP) is -0.227. The molecule has 2 rings (SSSR count). The maximum Gasteiger partial charge on any atom is 0.251 e. The summed E-state index contributed by atoms with van der Waals surface area (Å²) < 4.78 is 1.50. The van der Waals surface area contributed by atoms with Gasteiger partial charge in [0.15, 0.2) is 0 Å². The number of amides is 1. The van der Waals surface area contributed by atoms with Crippen LogP contribution in [0, 0.1) is 0 Å². The van der Waals surface area contributed by atoms with E-state index in [0.717, 1.165) is 5.69 Å². The van der Waals surface area contributed by atoms with Crippen LogP contribution in [0.2, 0.25) is 0 Å². The van der Waals surface area contributed by atoms with Gasteiger partial charge in [0.1, 0.15) is 6.33 Å². The van der Waals surface area contributed by atoms with Crippen LogP contribution in [0.15, 0.2) is 30.6 Å². The monoisotopic (exact) mass is 247 g/mol. The van der Waals surface area contributed by atoms with Gasteiger partial charge >= 0.3 is 0 Å². The van der Waals surface area contributed by atoms with E-state index >= 15 is 0 Å². The maximum absolute atomic E-state index is 11.7. The highest BCUT2D eigenvalue weighted by Gasteiger charge is 2.09. The highest BCUT2D eigenvalue weighted by atomic mass is 16.3. The molecule has 1 atom stereocenters. The molecular formula is C11H13N5O2. The lowest BCUT2D eigenvalue weighted by molar-refractivity contribution is 0.0922. The Hall–Kier alpha value is -2.28. The van der Waals surface area contributed by atoms with Crippen LogP contribution in [0.1, 0.15) is 17.3 Å². The first-order valence-electron chi connectivity index (χ1n) is 5.46. The third kappa shape index (κ3) is 2.69. The van der Waals surface area contributed by atoms with Gasteiger partial charge in [-0.15, -0.1) is 5.10 Å². The van der Waals surface area contributed by atoms with Crippen molar-refractivity contribution in [2.24, 2.45) is 0 Å². The summed E-state index contributed by atoms with van der Waals surface area (Å²) in [5.41, 5.74) is 1.29. The van der Waals surface area contributed by atoms with E-state index < -0.39 is 0 Å². The van der Waals surface area contributed by atoms with E-state index in [1.807, 2.05) is 0 Å². The van der Waals surface area contributed by atoms with Gasteiger partial charge in [-0.3, -0.25) is 4.79 Å². The lowest BCUT2D eigenvalue weighted by Crippen LogP contribution is -2.34. The van der Waals surface area contributed by atoms with Crippen molar-refractivity contribution < 1.29 is 9.90 Å². The molecule has 7 heteroatoms. The summed E-state index contributed by atoms with van der Waals surface area (Å²) >= 11 is 0. The third-order valence-electron chi connectivity index (χ3n) is 2.39. The first-order chi connectivity index (χ1) is 8.70. The van der Waals surface area contributed by atoms with Crippen molar-refractivity contribution in [2.75, 3.05) is 6.61 Å². The normalized spacial score (nSPS) is 12.1. The Bertz CT molecular complexity index is 509. The summed E-state index contributed by atoms with van der Waals surface area (Å²) in [7, 11) is 0. The number of nitrogens with zero attached hydrogens (tertiary/aromatic N) is 4. The van der Waals surface area contributed by atoms with Crippen LogP contribution in [0.5, 0.6) is 0 Å². The average molecular weight is 247 g/mol. The lowest BCUT2D eigenvalue weighted by atomic mass is 10.2. The number of benzene rings is 1. The molecule has 0 aliphatic heterocycles. The minimum absolute atomic E-state index is 0.0888. The van der Waals surface area contributed by atoms with Gasteiger partial charge in [0.05, 0.1) is 12.3 Å². The minimum atomic E-state index is -0.267. The molecule has 1 aromatic heterocycles. The number of aliphatic hydroxyl groups is 1. The molecule has 0 unspecified atom stereocenters. The van der Waals surface area contributed by atoms with Crippen LogP contribution in [0.4, 0.5) is 0 Å². The van der Waals surface area contributed by atoms with Crippen molar-refractivity contribution in [3.05, 3.63) is 36.2 Å². The highest BCUT2D eigenvalue weighted by Crippen LogP contribution is 2.07. The van der Waals surface area contributed by atoms with Gasteiger partial charge in [0, 0.05) is 11.6 Å². The summed E-state index contributed by atoms with van der Waals surface area (Å²) in [6, 6.07) is 6.58.